The third-order valence-corrected chi connectivity index (χ3v) is 3.74. The van der Waals surface area contributed by atoms with E-state index in [1.54, 1.807) is 0 Å². The van der Waals surface area contributed by atoms with Crippen molar-refractivity contribution in [1.29, 1.82) is 0 Å². The van der Waals surface area contributed by atoms with Crippen molar-refractivity contribution in [3.05, 3.63) is 35.4 Å². The van der Waals surface area contributed by atoms with Gasteiger partial charge in [-0.05, 0) is 37.3 Å². The van der Waals surface area contributed by atoms with Crippen LogP contribution in [0.2, 0.25) is 0 Å². The monoisotopic (exact) mass is 243 g/mol. The number of carbonyl (C=O) groups is 1. The molecule has 1 spiro atoms. The number of carbonyl (C=O) groups excluding carboxylic acids is 1. The van der Waals surface area contributed by atoms with Crippen molar-refractivity contribution < 1.29 is 4.79 Å². The Kier molecular flexibility index (Phi) is 2.58. The minimum Gasteiger partial charge on any atom is -0.338 e. The van der Waals surface area contributed by atoms with Gasteiger partial charge in [0.1, 0.15) is 5.54 Å². The molecule has 1 unspecified atom stereocenters. The van der Waals surface area contributed by atoms with Crippen LogP contribution >= 0.6 is 0 Å². The fourth-order valence-corrected chi connectivity index (χ4v) is 2.94. The minimum atomic E-state index is -0.594. The van der Waals surface area contributed by atoms with Crippen LogP contribution < -0.4 is 10.6 Å². The number of nitrogens with zero attached hydrogens (tertiary/aromatic N) is 1. The van der Waals surface area contributed by atoms with Crippen LogP contribution in [0.15, 0.2) is 29.3 Å². The molecule has 4 nitrogen and oxygen atoms in total. The molecule has 1 atom stereocenters. The lowest BCUT2D eigenvalue weighted by Gasteiger charge is -2.33. The average Bonchev–Trinajstić information content (AvgIpc) is 2.68. The van der Waals surface area contributed by atoms with Gasteiger partial charge in [0.2, 0.25) is 0 Å². The normalized spacial score (nSPS) is 28.1. The third-order valence-electron chi connectivity index (χ3n) is 3.74. The molecule has 0 aromatic heterocycles. The maximum atomic E-state index is 12.3. The van der Waals surface area contributed by atoms with E-state index in [0.717, 1.165) is 24.8 Å². The molecule has 94 valence electrons. The van der Waals surface area contributed by atoms with E-state index in [-0.39, 0.29) is 5.91 Å². The number of aliphatic imine (C=N–C) groups is 1. The Bertz CT molecular complexity index is 524. The third kappa shape index (κ3) is 1.52. The van der Waals surface area contributed by atoms with Crippen molar-refractivity contribution in [2.24, 2.45) is 4.99 Å². The maximum Gasteiger partial charge on any atom is 0.257 e. The van der Waals surface area contributed by atoms with Gasteiger partial charge in [-0.15, -0.1) is 0 Å². The van der Waals surface area contributed by atoms with E-state index in [9.17, 15) is 4.79 Å². The first-order chi connectivity index (χ1) is 8.76. The summed E-state index contributed by atoms with van der Waals surface area (Å²) in [6.07, 6.45) is 2.91. The van der Waals surface area contributed by atoms with Crippen molar-refractivity contribution in [2.45, 2.75) is 31.7 Å². The summed E-state index contributed by atoms with van der Waals surface area (Å²) in [6.45, 7) is 2.63. The lowest BCUT2D eigenvalue weighted by molar-refractivity contribution is -0.124. The van der Waals surface area contributed by atoms with E-state index < -0.39 is 5.54 Å². The van der Waals surface area contributed by atoms with Gasteiger partial charge in [0.15, 0.2) is 5.96 Å². The zero-order chi connectivity index (χ0) is 12.6. The Morgan fingerprint density at radius 1 is 1.39 bits per heavy atom. The molecule has 1 saturated heterocycles. The van der Waals surface area contributed by atoms with Crippen LogP contribution in [0.1, 0.15) is 30.9 Å². The van der Waals surface area contributed by atoms with Gasteiger partial charge in [-0.25, -0.2) is 0 Å². The molecular formula is C14H17N3O. The lowest BCUT2D eigenvalue weighted by atomic mass is 9.76. The van der Waals surface area contributed by atoms with Crippen LogP contribution in [-0.2, 0) is 16.8 Å². The summed E-state index contributed by atoms with van der Waals surface area (Å²) in [7, 11) is 0. The number of aryl methyl sites for hydroxylation is 1. The second-order valence-corrected chi connectivity index (χ2v) is 4.82. The van der Waals surface area contributed by atoms with E-state index in [0.29, 0.717) is 12.5 Å². The highest BCUT2D eigenvalue weighted by Gasteiger charge is 2.48. The Morgan fingerprint density at radius 3 is 3.06 bits per heavy atom. The Labute approximate surface area is 106 Å². The first kappa shape index (κ1) is 11.3. The van der Waals surface area contributed by atoms with Gasteiger partial charge in [0, 0.05) is 6.54 Å². The van der Waals surface area contributed by atoms with Crippen LogP contribution in [0.5, 0.6) is 0 Å². The second-order valence-electron chi connectivity index (χ2n) is 4.82. The van der Waals surface area contributed by atoms with Gasteiger partial charge in [0.05, 0.1) is 0 Å². The molecular weight excluding hydrogens is 226 g/mol. The van der Waals surface area contributed by atoms with Crippen LogP contribution in [0.3, 0.4) is 0 Å². The Morgan fingerprint density at radius 2 is 2.22 bits per heavy atom. The number of nitrogens with one attached hydrogen (secondary N) is 2. The van der Waals surface area contributed by atoms with E-state index in [1.807, 2.05) is 19.1 Å². The minimum absolute atomic E-state index is 0.0295. The fourth-order valence-electron chi connectivity index (χ4n) is 2.94. The highest BCUT2D eigenvalue weighted by atomic mass is 16.2. The van der Waals surface area contributed by atoms with Gasteiger partial charge in [-0.3, -0.25) is 15.1 Å². The molecule has 0 bridgehead atoms. The van der Waals surface area contributed by atoms with Crippen molar-refractivity contribution in [3.8, 4) is 0 Å². The average molecular weight is 243 g/mol. The number of fused-ring (bicyclic) bond motifs is 2. The molecule has 1 heterocycles. The standard InChI is InChI=1S/C14H17N3O/c1-2-15-13-16-12(18)14(17-13)9-5-7-10-6-3-4-8-11(10)14/h3-4,6,8H,2,5,7,9H2,1H3,(H2,15,16,17,18). The first-order valence-electron chi connectivity index (χ1n) is 6.49. The SMILES string of the molecule is CCN=C1NC(=O)C2(CCCc3ccccc32)N1. The quantitative estimate of drug-likeness (QED) is 0.781. The van der Waals surface area contributed by atoms with Crippen LogP contribution in [-0.4, -0.2) is 18.4 Å². The number of hydrogen-bond donors (Lipinski definition) is 2. The number of amides is 1. The fraction of sp³-hybridized carbons (Fsp3) is 0.429. The molecule has 0 radical (unpaired) electrons. The topological polar surface area (TPSA) is 53.5 Å². The molecule has 18 heavy (non-hydrogen) atoms. The summed E-state index contributed by atoms with van der Waals surface area (Å²) in [5.74, 6) is 0.640. The number of benzene rings is 1. The van der Waals surface area contributed by atoms with Crippen molar-refractivity contribution in [1.82, 2.24) is 10.6 Å². The number of hydrogen-bond acceptors (Lipinski definition) is 2. The molecule has 3 rings (SSSR count). The van der Waals surface area contributed by atoms with Gasteiger partial charge >= 0.3 is 0 Å². The van der Waals surface area contributed by atoms with Crippen LogP contribution in [0.25, 0.3) is 0 Å². The molecule has 4 heteroatoms. The summed E-state index contributed by atoms with van der Waals surface area (Å²) in [5.41, 5.74) is 1.78. The summed E-state index contributed by atoms with van der Waals surface area (Å²) < 4.78 is 0. The predicted molar refractivity (Wildman–Crippen MR) is 70.3 cm³/mol. The number of rotatable bonds is 1. The molecule has 1 aromatic rings. The molecule has 2 N–H and O–H groups in total. The largest absolute Gasteiger partial charge is 0.338 e. The number of guanidine groups is 1. The van der Waals surface area contributed by atoms with Gasteiger partial charge in [-0.1, -0.05) is 24.3 Å². The zero-order valence-corrected chi connectivity index (χ0v) is 10.5. The molecule has 0 saturated carbocycles. The summed E-state index contributed by atoms with van der Waals surface area (Å²) in [6, 6.07) is 8.19. The summed E-state index contributed by atoms with van der Waals surface area (Å²) >= 11 is 0. The van der Waals surface area contributed by atoms with Crippen molar-refractivity contribution in [2.75, 3.05) is 6.54 Å². The molecule has 1 aliphatic heterocycles. The van der Waals surface area contributed by atoms with E-state index in [2.05, 4.69) is 27.8 Å². The van der Waals surface area contributed by atoms with Crippen molar-refractivity contribution >= 4 is 11.9 Å². The lowest BCUT2D eigenvalue weighted by Crippen LogP contribution is -2.46. The molecule has 1 fully saturated rings. The van der Waals surface area contributed by atoms with Gasteiger partial charge in [-0.2, -0.15) is 0 Å². The van der Waals surface area contributed by atoms with E-state index in [4.69, 9.17) is 0 Å². The first-order valence-corrected chi connectivity index (χ1v) is 6.49. The van der Waals surface area contributed by atoms with Gasteiger partial charge < -0.3 is 5.32 Å². The van der Waals surface area contributed by atoms with E-state index in [1.165, 1.54) is 5.56 Å². The Balaban J connectivity index is 2.07. The van der Waals surface area contributed by atoms with E-state index >= 15 is 0 Å². The van der Waals surface area contributed by atoms with Crippen molar-refractivity contribution in [3.63, 3.8) is 0 Å². The molecule has 2 aliphatic rings. The highest BCUT2D eigenvalue weighted by Crippen LogP contribution is 2.37. The maximum absolute atomic E-state index is 12.3. The van der Waals surface area contributed by atoms with Crippen LogP contribution in [0, 0.1) is 0 Å². The zero-order valence-electron chi connectivity index (χ0n) is 10.5. The molecule has 1 aliphatic carbocycles. The summed E-state index contributed by atoms with van der Waals surface area (Å²) in [5, 5.41) is 6.16. The van der Waals surface area contributed by atoms with Crippen LogP contribution in [0.4, 0.5) is 0 Å². The highest BCUT2D eigenvalue weighted by molar-refractivity contribution is 6.09. The second kappa shape index (κ2) is 4.12. The smallest absolute Gasteiger partial charge is 0.257 e. The summed E-state index contributed by atoms with van der Waals surface area (Å²) in [4.78, 5) is 16.6. The Hall–Kier alpha value is -1.84. The predicted octanol–water partition coefficient (Wildman–Crippen LogP) is 1.31. The molecule has 1 amide bonds. The van der Waals surface area contributed by atoms with Gasteiger partial charge in [0.25, 0.3) is 5.91 Å². The molecule has 1 aromatic carbocycles.